The zero-order valence-corrected chi connectivity index (χ0v) is 21.5. The van der Waals surface area contributed by atoms with Crippen LogP contribution in [0.15, 0.2) is 54.6 Å². The molecule has 2 fully saturated rings. The number of rotatable bonds is 8. The van der Waals surface area contributed by atoms with Gasteiger partial charge in [0.05, 0.1) is 0 Å². The summed E-state index contributed by atoms with van der Waals surface area (Å²) in [6, 6.07) is 20.1. The first-order chi connectivity index (χ1) is 15.6. The van der Waals surface area contributed by atoms with Gasteiger partial charge in [0, 0.05) is 16.8 Å². The topological polar surface area (TPSA) is 3.24 Å². The highest BCUT2D eigenvalue weighted by Crippen LogP contribution is 2.47. The lowest BCUT2D eigenvalue weighted by atomic mass is 9.66. The second-order valence-electron chi connectivity index (χ2n) is 10.3. The van der Waals surface area contributed by atoms with Gasteiger partial charge in [-0.3, -0.25) is 0 Å². The first kappa shape index (κ1) is 24.2. The lowest BCUT2D eigenvalue weighted by Crippen LogP contribution is -2.34. The van der Waals surface area contributed by atoms with Crippen LogP contribution in [0.2, 0.25) is 5.02 Å². The zero-order valence-electron chi connectivity index (χ0n) is 19.9. The minimum atomic E-state index is 0.511. The maximum atomic E-state index is 6.16. The van der Waals surface area contributed by atoms with Crippen LogP contribution in [0.3, 0.4) is 0 Å². The fourth-order valence-electron chi connectivity index (χ4n) is 6.51. The number of hydrogen-bond acceptors (Lipinski definition) is 2. The second-order valence-corrected chi connectivity index (χ2v) is 11.8. The maximum Gasteiger partial charge on any atom is 0.0406 e. The van der Waals surface area contributed by atoms with Crippen LogP contribution < -0.4 is 0 Å². The molecule has 0 spiro atoms. The number of thioether (sulfide) groups is 1. The third kappa shape index (κ3) is 6.33. The Kier molecular flexibility index (Phi) is 9.03. The van der Waals surface area contributed by atoms with E-state index in [0.717, 1.165) is 28.7 Å². The molecular formula is C29H40ClNS. The lowest BCUT2D eigenvalue weighted by Gasteiger charge is -2.43. The molecule has 4 rings (SSSR count). The van der Waals surface area contributed by atoms with E-state index in [1.807, 2.05) is 0 Å². The smallest absolute Gasteiger partial charge is 0.0406 e. The number of nitrogens with zero attached hydrogens (tertiary/aromatic N) is 1. The summed E-state index contributed by atoms with van der Waals surface area (Å²) in [4.78, 5) is 2.43. The summed E-state index contributed by atoms with van der Waals surface area (Å²) in [7, 11) is 4.49. The third-order valence-corrected chi connectivity index (χ3v) is 9.50. The molecule has 2 aliphatic rings. The molecule has 2 aliphatic carbocycles. The van der Waals surface area contributed by atoms with Gasteiger partial charge < -0.3 is 4.90 Å². The summed E-state index contributed by atoms with van der Waals surface area (Å²) < 4.78 is 0. The first-order valence-electron chi connectivity index (χ1n) is 12.7. The van der Waals surface area contributed by atoms with Gasteiger partial charge in [0.1, 0.15) is 0 Å². The predicted octanol–water partition coefficient (Wildman–Crippen LogP) is 8.49. The maximum absolute atomic E-state index is 6.16. The molecule has 32 heavy (non-hydrogen) atoms. The average molecular weight is 470 g/mol. The molecule has 0 N–H and O–H groups in total. The van der Waals surface area contributed by atoms with Gasteiger partial charge in [0.15, 0.2) is 0 Å². The SMILES string of the molecule is CN(C)C(c1ccc(Cl)cc1)C1CCC(C2CCCCC2CSCc2ccccc2)CC1. The number of halogens is 1. The Hall–Kier alpha value is -0.960. The summed E-state index contributed by atoms with van der Waals surface area (Å²) in [5.74, 6) is 6.12. The quantitative estimate of drug-likeness (QED) is 0.381. The van der Waals surface area contributed by atoms with Crippen molar-refractivity contribution < 1.29 is 0 Å². The standard InChI is InChI=1S/C29H40ClNS/c1-31(2)29(25-16-18-27(30)19-17-25)24-14-12-23(13-15-24)28-11-7-6-10-26(28)21-32-20-22-8-4-3-5-9-22/h3-5,8-9,16-19,23-24,26,28-29H,6-7,10-15,20-21H2,1-2H3. The summed E-state index contributed by atoms with van der Waals surface area (Å²) in [5.41, 5.74) is 2.90. The van der Waals surface area contributed by atoms with Crippen molar-refractivity contribution in [2.75, 3.05) is 19.8 Å². The van der Waals surface area contributed by atoms with Crippen molar-refractivity contribution in [2.24, 2.45) is 23.7 Å². The molecule has 3 atom stereocenters. The van der Waals surface area contributed by atoms with Crippen molar-refractivity contribution in [1.82, 2.24) is 4.90 Å². The fourth-order valence-corrected chi connectivity index (χ4v) is 7.90. The molecular weight excluding hydrogens is 430 g/mol. The predicted molar refractivity (Wildman–Crippen MR) is 141 cm³/mol. The van der Waals surface area contributed by atoms with Crippen LogP contribution in [0.5, 0.6) is 0 Å². The molecule has 0 bridgehead atoms. The van der Waals surface area contributed by atoms with Crippen LogP contribution in [-0.2, 0) is 5.75 Å². The van der Waals surface area contributed by atoms with E-state index in [1.165, 1.54) is 74.0 Å². The van der Waals surface area contributed by atoms with Gasteiger partial charge in [-0.05, 0) is 105 Å². The normalized spacial score (nSPS) is 27.4. The molecule has 174 valence electrons. The Balaban J connectivity index is 1.32. The molecule has 3 unspecified atom stereocenters. The fraction of sp³-hybridized carbons (Fsp3) is 0.586. The summed E-state index contributed by atoms with van der Waals surface area (Å²) in [6.07, 6.45) is 11.4. The van der Waals surface area contributed by atoms with Crippen LogP contribution in [0, 0.1) is 23.7 Å². The van der Waals surface area contributed by atoms with Crippen molar-refractivity contribution in [1.29, 1.82) is 0 Å². The lowest BCUT2D eigenvalue weighted by molar-refractivity contribution is 0.0921. The molecule has 0 aliphatic heterocycles. The highest BCUT2D eigenvalue weighted by molar-refractivity contribution is 7.98. The van der Waals surface area contributed by atoms with E-state index < -0.39 is 0 Å². The number of hydrogen-bond donors (Lipinski definition) is 0. The molecule has 3 heteroatoms. The number of benzene rings is 2. The van der Waals surface area contributed by atoms with E-state index in [4.69, 9.17) is 11.6 Å². The molecule has 0 heterocycles. The Morgan fingerprint density at radius 1 is 0.875 bits per heavy atom. The van der Waals surface area contributed by atoms with Crippen LogP contribution in [-0.4, -0.2) is 24.7 Å². The molecule has 2 saturated carbocycles. The summed E-state index contributed by atoms with van der Waals surface area (Å²) in [5, 5.41) is 0.837. The molecule has 0 amide bonds. The van der Waals surface area contributed by atoms with Gasteiger partial charge in [-0.25, -0.2) is 0 Å². The van der Waals surface area contributed by atoms with Crippen molar-refractivity contribution in [2.45, 2.75) is 63.2 Å². The van der Waals surface area contributed by atoms with E-state index in [-0.39, 0.29) is 0 Å². The van der Waals surface area contributed by atoms with Gasteiger partial charge in [-0.1, -0.05) is 66.9 Å². The Morgan fingerprint density at radius 3 is 2.25 bits per heavy atom. The monoisotopic (exact) mass is 469 g/mol. The largest absolute Gasteiger partial charge is 0.302 e. The van der Waals surface area contributed by atoms with Crippen LogP contribution in [0.4, 0.5) is 0 Å². The van der Waals surface area contributed by atoms with Gasteiger partial charge in [0.25, 0.3) is 0 Å². The van der Waals surface area contributed by atoms with E-state index in [0.29, 0.717) is 6.04 Å². The van der Waals surface area contributed by atoms with Crippen LogP contribution in [0.25, 0.3) is 0 Å². The Labute approximate surface area is 205 Å². The van der Waals surface area contributed by atoms with Crippen molar-refractivity contribution >= 4 is 23.4 Å². The second kappa shape index (κ2) is 12.0. The molecule has 2 aromatic rings. The van der Waals surface area contributed by atoms with Gasteiger partial charge in [-0.2, -0.15) is 11.8 Å². The van der Waals surface area contributed by atoms with Gasteiger partial charge in [0.2, 0.25) is 0 Å². The van der Waals surface area contributed by atoms with E-state index >= 15 is 0 Å². The molecule has 0 saturated heterocycles. The van der Waals surface area contributed by atoms with Crippen LogP contribution in [0.1, 0.15) is 68.5 Å². The Bertz CT molecular complexity index is 798. The van der Waals surface area contributed by atoms with Crippen molar-refractivity contribution in [3.8, 4) is 0 Å². The minimum absolute atomic E-state index is 0.511. The average Bonchev–Trinajstić information content (AvgIpc) is 2.82. The summed E-state index contributed by atoms with van der Waals surface area (Å²) in [6.45, 7) is 0. The zero-order chi connectivity index (χ0) is 22.3. The highest BCUT2D eigenvalue weighted by Gasteiger charge is 2.36. The van der Waals surface area contributed by atoms with E-state index in [1.54, 1.807) is 0 Å². The van der Waals surface area contributed by atoms with Crippen molar-refractivity contribution in [3.63, 3.8) is 0 Å². The Morgan fingerprint density at radius 2 is 1.56 bits per heavy atom. The summed E-state index contributed by atoms with van der Waals surface area (Å²) >= 11 is 8.33. The van der Waals surface area contributed by atoms with Gasteiger partial charge >= 0.3 is 0 Å². The molecule has 0 aromatic heterocycles. The van der Waals surface area contributed by atoms with E-state index in [9.17, 15) is 0 Å². The van der Waals surface area contributed by atoms with Crippen molar-refractivity contribution in [3.05, 3.63) is 70.7 Å². The highest BCUT2D eigenvalue weighted by atomic mass is 35.5. The molecule has 0 radical (unpaired) electrons. The minimum Gasteiger partial charge on any atom is -0.302 e. The molecule has 2 aromatic carbocycles. The first-order valence-corrected chi connectivity index (χ1v) is 14.2. The molecule has 1 nitrogen and oxygen atoms in total. The van der Waals surface area contributed by atoms with Crippen LogP contribution >= 0.6 is 23.4 Å². The van der Waals surface area contributed by atoms with E-state index in [2.05, 4.69) is 85.4 Å². The third-order valence-electron chi connectivity index (χ3n) is 8.05. The van der Waals surface area contributed by atoms with Gasteiger partial charge in [-0.15, -0.1) is 0 Å².